The molecule has 0 aromatic heterocycles. The average Bonchev–Trinajstić information content (AvgIpc) is 2.81. The van der Waals surface area contributed by atoms with E-state index in [0.29, 0.717) is 6.61 Å². The van der Waals surface area contributed by atoms with Crippen molar-refractivity contribution in [2.24, 2.45) is 11.7 Å². The molecule has 1 aromatic carbocycles. The zero-order valence-electron chi connectivity index (χ0n) is 10.1. The number of rotatable bonds is 5. The summed E-state index contributed by atoms with van der Waals surface area (Å²) >= 11 is 3.38. The molecule has 5 heteroatoms. The Morgan fingerprint density at radius 3 is 2.78 bits per heavy atom. The van der Waals surface area contributed by atoms with Gasteiger partial charge in [0.15, 0.2) is 0 Å². The Hall–Kier alpha value is -1.07. The second-order valence-corrected chi connectivity index (χ2v) is 5.41. The van der Waals surface area contributed by atoms with E-state index in [1.54, 1.807) is 0 Å². The van der Waals surface area contributed by atoms with Gasteiger partial charge < -0.3 is 10.5 Å². The maximum absolute atomic E-state index is 11.0. The van der Waals surface area contributed by atoms with Crippen LogP contribution in [0.1, 0.15) is 6.42 Å². The first-order chi connectivity index (χ1) is 8.65. The molecule has 0 spiro atoms. The third kappa shape index (κ3) is 3.71. The van der Waals surface area contributed by atoms with Gasteiger partial charge in [0.1, 0.15) is 12.4 Å². The van der Waals surface area contributed by atoms with Crippen molar-refractivity contribution in [1.29, 1.82) is 0 Å². The Kier molecular flexibility index (Phi) is 4.60. The molecular weight excluding hydrogens is 296 g/mol. The van der Waals surface area contributed by atoms with Gasteiger partial charge in [-0.15, -0.1) is 0 Å². The number of hydrogen-bond donors (Lipinski definition) is 1. The van der Waals surface area contributed by atoms with Crippen LogP contribution >= 0.6 is 15.9 Å². The molecule has 0 unspecified atom stereocenters. The van der Waals surface area contributed by atoms with Gasteiger partial charge in [0.2, 0.25) is 5.91 Å². The summed E-state index contributed by atoms with van der Waals surface area (Å²) < 4.78 is 6.68. The number of amides is 1. The predicted molar refractivity (Wildman–Crippen MR) is 73.4 cm³/mol. The lowest BCUT2D eigenvalue weighted by molar-refractivity contribution is -0.121. The molecule has 1 aromatic rings. The Bertz CT molecular complexity index is 408. The third-order valence-electron chi connectivity index (χ3n) is 3.16. The summed E-state index contributed by atoms with van der Waals surface area (Å²) in [6.45, 7) is 3.16. The Balaban J connectivity index is 1.70. The van der Waals surface area contributed by atoms with Crippen LogP contribution in [0.2, 0.25) is 0 Å². The van der Waals surface area contributed by atoms with Gasteiger partial charge in [0.25, 0.3) is 0 Å². The van der Waals surface area contributed by atoms with Gasteiger partial charge in [-0.05, 0) is 37.2 Å². The molecule has 0 radical (unpaired) electrons. The molecule has 2 N–H and O–H groups in total. The van der Waals surface area contributed by atoms with E-state index in [4.69, 9.17) is 10.5 Å². The quantitative estimate of drug-likeness (QED) is 0.899. The lowest BCUT2D eigenvalue weighted by Gasteiger charge is -2.15. The van der Waals surface area contributed by atoms with E-state index in [1.807, 2.05) is 24.3 Å². The molecule has 2 rings (SSSR count). The highest BCUT2D eigenvalue weighted by Gasteiger charge is 2.25. The smallest absolute Gasteiger partial charge is 0.221 e. The van der Waals surface area contributed by atoms with Crippen molar-refractivity contribution in [1.82, 2.24) is 4.90 Å². The summed E-state index contributed by atoms with van der Waals surface area (Å²) in [5.74, 6) is 0.688. The molecule has 98 valence electrons. The van der Waals surface area contributed by atoms with Crippen LogP contribution < -0.4 is 10.5 Å². The monoisotopic (exact) mass is 312 g/mol. The second-order valence-electron chi connectivity index (χ2n) is 4.49. The number of likely N-dealkylation sites (tertiary alicyclic amines) is 1. The Morgan fingerprint density at radius 1 is 1.44 bits per heavy atom. The number of benzene rings is 1. The van der Waals surface area contributed by atoms with E-state index in [2.05, 4.69) is 20.8 Å². The van der Waals surface area contributed by atoms with Crippen molar-refractivity contribution in [2.45, 2.75) is 6.42 Å². The first-order valence-electron chi connectivity index (χ1n) is 6.05. The van der Waals surface area contributed by atoms with E-state index in [1.165, 1.54) is 0 Å². The number of halogens is 1. The van der Waals surface area contributed by atoms with Crippen LogP contribution in [0.25, 0.3) is 0 Å². The molecule has 0 bridgehead atoms. The normalized spacial score (nSPS) is 19.9. The number of nitrogens with zero attached hydrogens (tertiary/aromatic N) is 1. The molecular formula is C13H17BrN2O2. The maximum atomic E-state index is 11.0. The van der Waals surface area contributed by atoms with Crippen LogP contribution in [0.4, 0.5) is 0 Å². The summed E-state index contributed by atoms with van der Waals surface area (Å²) in [5.41, 5.74) is 5.29. The Morgan fingerprint density at radius 2 is 2.17 bits per heavy atom. The summed E-state index contributed by atoms with van der Waals surface area (Å²) in [4.78, 5) is 13.3. The molecule has 1 atom stereocenters. The van der Waals surface area contributed by atoms with Gasteiger partial charge in [-0.1, -0.05) is 15.9 Å². The minimum Gasteiger partial charge on any atom is -0.492 e. The van der Waals surface area contributed by atoms with E-state index < -0.39 is 0 Å². The zero-order valence-corrected chi connectivity index (χ0v) is 11.7. The van der Waals surface area contributed by atoms with Crippen molar-refractivity contribution in [2.75, 3.05) is 26.2 Å². The van der Waals surface area contributed by atoms with Crippen LogP contribution in [0.3, 0.4) is 0 Å². The van der Waals surface area contributed by atoms with E-state index in [9.17, 15) is 4.79 Å². The molecule has 1 heterocycles. The second kappa shape index (κ2) is 6.20. The zero-order chi connectivity index (χ0) is 13.0. The largest absolute Gasteiger partial charge is 0.492 e. The van der Waals surface area contributed by atoms with E-state index >= 15 is 0 Å². The minimum atomic E-state index is -0.189. The number of ether oxygens (including phenoxy) is 1. The first kappa shape index (κ1) is 13.4. The van der Waals surface area contributed by atoms with Crippen LogP contribution in [0, 0.1) is 5.92 Å². The molecule has 0 saturated carbocycles. The van der Waals surface area contributed by atoms with Crippen LogP contribution in [0.5, 0.6) is 5.75 Å². The standard InChI is InChI=1S/C13H17BrN2O2/c14-11-1-3-12(4-2-11)18-8-7-16-6-5-10(9-16)13(15)17/h1-4,10H,5-9H2,(H2,15,17)/t10-/m0/s1. The molecule has 0 aliphatic carbocycles. The number of carbonyl (C=O) groups excluding carboxylic acids is 1. The average molecular weight is 313 g/mol. The first-order valence-corrected chi connectivity index (χ1v) is 6.84. The van der Waals surface area contributed by atoms with Gasteiger partial charge in [0.05, 0.1) is 5.92 Å². The van der Waals surface area contributed by atoms with Crippen molar-refractivity contribution in [3.63, 3.8) is 0 Å². The highest BCUT2D eigenvalue weighted by molar-refractivity contribution is 9.10. The fraction of sp³-hybridized carbons (Fsp3) is 0.462. The minimum absolute atomic E-state index is 0.0117. The maximum Gasteiger partial charge on any atom is 0.221 e. The lowest BCUT2D eigenvalue weighted by Crippen LogP contribution is -2.30. The molecule has 1 amide bonds. The van der Waals surface area contributed by atoms with E-state index in [-0.39, 0.29) is 11.8 Å². The van der Waals surface area contributed by atoms with Crippen molar-refractivity contribution >= 4 is 21.8 Å². The van der Waals surface area contributed by atoms with Crippen LogP contribution in [-0.4, -0.2) is 37.0 Å². The predicted octanol–water partition coefficient (Wildman–Crippen LogP) is 1.64. The SMILES string of the molecule is NC(=O)[C@H]1CCN(CCOc2ccc(Br)cc2)C1. The fourth-order valence-corrected chi connectivity index (χ4v) is 2.36. The van der Waals surface area contributed by atoms with Crippen LogP contribution in [-0.2, 0) is 4.79 Å². The highest BCUT2D eigenvalue weighted by Crippen LogP contribution is 2.17. The summed E-state index contributed by atoms with van der Waals surface area (Å²) in [6.07, 6.45) is 0.869. The highest BCUT2D eigenvalue weighted by atomic mass is 79.9. The number of primary amides is 1. The van der Waals surface area contributed by atoms with Gasteiger partial charge in [-0.3, -0.25) is 9.69 Å². The molecule has 1 aliphatic rings. The molecule has 18 heavy (non-hydrogen) atoms. The van der Waals surface area contributed by atoms with Crippen molar-refractivity contribution < 1.29 is 9.53 Å². The summed E-state index contributed by atoms with van der Waals surface area (Å²) in [6, 6.07) is 7.77. The fourth-order valence-electron chi connectivity index (χ4n) is 2.09. The number of hydrogen-bond acceptors (Lipinski definition) is 3. The summed E-state index contributed by atoms with van der Waals surface area (Å²) in [7, 11) is 0. The lowest BCUT2D eigenvalue weighted by atomic mass is 10.1. The number of carbonyl (C=O) groups is 1. The molecule has 1 saturated heterocycles. The topological polar surface area (TPSA) is 55.6 Å². The van der Waals surface area contributed by atoms with E-state index in [0.717, 1.165) is 36.3 Å². The van der Waals surface area contributed by atoms with Crippen LogP contribution in [0.15, 0.2) is 28.7 Å². The van der Waals surface area contributed by atoms with Gasteiger partial charge >= 0.3 is 0 Å². The van der Waals surface area contributed by atoms with Gasteiger partial charge in [-0.2, -0.15) is 0 Å². The third-order valence-corrected chi connectivity index (χ3v) is 3.69. The van der Waals surface area contributed by atoms with Crippen molar-refractivity contribution in [3.05, 3.63) is 28.7 Å². The molecule has 1 aliphatic heterocycles. The molecule has 1 fully saturated rings. The Labute approximate surface area is 115 Å². The van der Waals surface area contributed by atoms with Gasteiger partial charge in [0, 0.05) is 17.6 Å². The summed E-state index contributed by atoms with van der Waals surface area (Å²) in [5, 5.41) is 0. The number of nitrogens with two attached hydrogens (primary N) is 1. The molecule has 4 nitrogen and oxygen atoms in total. The van der Waals surface area contributed by atoms with Gasteiger partial charge in [-0.25, -0.2) is 0 Å². The van der Waals surface area contributed by atoms with Crippen molar-refractivity contribution in [3.8, 4) is 5.75 Å².